The van der Waals surface area contributed by atoms with E-state index < -0.39 is 16.1 Å². The van der Waals surface area contributed by atoms with Crippen LogP contribution in [0.15, 0.2) is 53.4 Å². The minimum Gasteiger partial charge on any atom is -0.308 e. The van der Waals surface area contributed by atoms with E-state index in [0.717, 1.165) is 6.07 Å². The van der Waals surface area contributed by atoms with Crippen LogP contribution in [0, 0.1) is 0 Å². The molecule has 0 unspecified atom stereocenters. The highest BCUT2D eigenvalue weighted by molar-refractivity contribution is 7.85. The minimum absolute atomic E-state index is 0.233. The lowest BCUT2D eigenvalue weighted by Crippen LogP contribution is -2.19. The number of anilines is 2. The van der Waals surface area contributed by atoms with Crippen LogP contribution in [0.1, 0.15) is 0 Å². The van der Waals surface area contributed by atoms with Crippen LogP contribution in [0.5, 0.6) is 0 Å². The number of benzene rings is 2. The largest absolute Gasteiger partial charge is 0.323 e. The van der Waals surface area contributed by atoms with Crippen LogP contribution in [-0.2, 0) is 10.1 Å². The highest BCUT2D eigenvalue weighted by Crippen LogP contribution is 2.16. The third-order valence-electron chi connectivity index (χ3n) is 2.49. The van der Waals surface area contributed by atoms with Gasteiger partial charge < -0.3 is 10.6 Å². The normalized spacial score (nSPS) is 11.0. The molecule has 2 aromatic rings. The van der Waals surface area contributed by atoms with E-state index in [1.54, 1.807) is 24.3 Å². The van der Waals surface area contributed by atoms with Crippen LogP contribution in [0.4, 0.5) is 16.2 Å². The maximum atomic E-state index is 11.8. The molecule has 0 saturated carbocycles. The predicted molar refractivity (Wildman–Crippen MR) is 80.4 cm³/mol. The number of nitrogens with one attached hydrogen (secondary N) is 2. The Morgan fingerprint density at radius 3 is 2.24 bits per heavy atom. The molecule has 2 rings (SSSR count). The van der Waals surface area contributed by atoms with Gasteiger partial charge in [0, 0.05) is 16.4 Å². The Bertz CT molecular complexity index is 760. The minimum atomic E-state index is -4.31. The van der Waals surface area contributed by atoms with Crippen molar-refractivity contribution < 1.29 is 17.8 Å². The van der Waals surface area contributed by atoms with Crippen LogP contribution in [0.2, 0.25) is 5.02 Å². The number of urea groups is 1. The monoisotopic (exact) mass is 326 g/mol. The summed E-state index contributed by atoms with van der Waals surface area (Å²) in [6, 6.07) is 11.2. The predicted octanol–water partition coefficient (Wildman–Crippen LogP) is 3.23. The Morgan fingerprint density at radius 2 is 1.62 bits per heavy atom. The summed E-state index contributed by atoms with van der Waals surface area (Å²) in [5.41, 5.74) is 0.763. The van der Waals surface area contributed by atoms with Crippen molar-refractivity contribution in [1.82, 2.24) is 0 Å². The summed E-state index contributed by atoms with van der Waals surface area (Å²) in [4.78, 5) is 11.5. The molecule has 8 heteroatoms. The van der Waals surface area contributed by atoms with Gasteiger partial charge in [-0.25, -0.2) is 4.79 Å². The van der Waals surface area contributed by atoms with E-state index in [2.05, 4.69) is 10.6 Å². The van der Waals surface area contributed by atoms with Gasteiger partial charge in [-0.05, 0) is 42.5 Å². The first-order valence-corrected chi connectivity index (χ1v) is 7.57. The molecule has 0 radical (unpaired) electrons. The Balaban J connectivity index is 2.08. The van der Waals surface area contributed by atoms with Gasteiger partial charge in [-0.2, -0.15) is 8.42 Å². The van der Waals surface area contributed by atoms with E-state index in [1.807, 2.05) is 0 Å². The van der Waals surface area contributed by atoms with Crippen LogP contribution in [0.25, 0.3) is 0 Å². The Kier molecular flexibility index (Phi) is 4.46. The van der Waals surface area contributed by atoms with Gasteiger partial charge in [0.2, 0.25) is 0 Å². The van der Waals surface area contributed by atoms with Crippen molar-refractivity contribution in [2.45, 2.75) is 4.90 Å². The van der Waals surface area contributed by atoms with Crippen molar-refractivity contribution >= 4 is 39.1 Å². The maximum Gasteiger partial charge on any atom is 0.323 e. The van der Waals surface area contributed by atoms with Gasteiger partial charge in [0.25, 0.3) is 10.1 Å². The van der Waals surface area contributed by atoms with E-state index in [4.69, 9.17) is 16.2 Å². The van der Waals surface area contributed by atoms with Crippen molar-refractivity contribution in [2.24, 2.45) is 0 Å². The number of hydrogen-bond donors (Lipinski definition) is 3. The highest BCUT2D eigenvalue weighted by atomic mass is 35.5. The van der Waals surface area contributed by atoms with Crippen molar-refractivity contribution in [3.8, 4) is 0 Å². The highest BCUT2D eigenvalue weighted by Gasteiger charge is 2.10. The molecule has 0 spiro atoms. The van der Waals surface area contributed by atoms with Gasteiger partial charge in [0.1, 0.15) is 0 Å². The molecule has 0 saturated heterocycles. The standard InChI is InChI=1S/C13H11ClN2O4S/c14-9-4-6-10(7-5-9)15-13(17)16-11-2-1-3-12(8-11)21(18,19)20/h1-8H,(H2,15,16,17)(H,18,19,20). The average molecular weight is 327 g/mol. The third-order valence-corrected chi connectivity index (χ3v) is 3.59. The van der Waals surface area contributed by atoms with E-state index in [9.17, 15) is 13.2 Å². The molecule has 21 heavy (non-hydrogen) atoms. The molecular weight excluding hydrogens is 316 g/mol. The number of halogens is 1. The van der Waals surface area contributed by atoms with E-state index in [1.165, 1.54) is 18.2 Å². The molecule has 3 N–H and O–H groups in total. The van der Waals surface area contributed by atoms with Crippen LogP contribution >= 0.6 is 11.6 Å². The van der Waals surface area contributed by atoms with Gasteiger partial charge in [-0.15, -0.1) is 0 Å². The van der Waals surface area contributed by atoms with Crippen molar-refractivity contribution in [3.05, 3.63) is 53.6 Å². The van der Waals surface area contributed by atoms with Crippen molar-refractivity contribution in [2.75, 3.05) is 10.6 Å². The van der Waals surface area contributed by atoms with Gasteiger partial charge in [-0.1, -0.05) is 17.7 Å². The molecule has 0 aliphatic carbocycles. The SMILES string of the molecule is O=C(Nc1ccc(Cl)cc1)Nc1cccc(S(=O)(=O)O)c1. The third kappa shape index (κ3) is 4.45. The number of carbonyl (C=O) groups is 1. The molecule has 0 aliphatic heterocycles. The summed E-state index contributed by atoms with van der Waals surface area (Å²) in [6.45, 7) is 0. The fourth-order valence-electron chi connectivity index (χ4n) is 1.56. The summed E-state index contributed by atoms with van der Waals surface area (Å²) < 4.78 is 31.0. The molecule has 110 valence electrons. The summed E-state index contributed by atoms with van der Waals surface area (Å²) in [5, 5.41) is 5.56. The lowest BCUT2D eigenvalue weighted by Gasteiger charge is -2.08. The van der Waals surface area contributed by atoms with E-state index in [-0.39, 0.29) is 10.6 Å². The van der Waals surface area contributed by atoms with E-state index >= 15 is 0 Å². The fraction of sp³-hybridized carbons (Fsp3) is 0. The zero-order chi connectivity index (χ0) is 15.5. The molecule has 0 aliphatic rings. The summed E-state index contributed by atoms with van der Waals surface area (Å²) in [6.07, 6.45) is 0. The topological polar surface area (TPSA) is 95.5 Å². The summed E-state index contributed by atoms with van der Waals surface area (Å²) in [5.74, 6) is 0. The quantitative estimate of drug-likeness (QED) is 0.754. The molecule has 2 aromatic carbocycles. The first kappa shape index (κ1) is 15.3. The second-order valence-electron chi connectivity index (χ2n) is 4.09. The van der Waals surface area contributed by atoms with Crippen LogP contribution < -0.4 is 10.6 Å². The molecule has 0 fully saturated rings. The number of amides is 2. The van der Waals surface area contributed by atoms with Crippen LogP contribution in [0.3, 0.4) is 0 Å². The molecule has 0 aromatic heterocycles. The fourth-order valence-corrected chi connectivity index (χ4v) is 2.21. The number of rotatable bonds is 3. The molecule has 0 atom stereocenters. The first-order chi connectivity index (χ1) is 9.84. The molecular formula is C13H11ClN2O4S. The zero-order valence-electron chi connectivity index (χ0n) is 10.6. The van der Waals surface area contributed by atoms with Crippen molar-refractivity contribution in [3.63, 3.8) is 0 Å². The summed E-state index contributed by atoms with van der Waals surface area (Å²) in [7, 11) is -4.31. The van der Waals surface area contributed by atoms with Crippen molar-refractivity contribution in [1.29, 1.82) is 0 Å². The Labute approximate surface area is 126 Å². The number of carbonyl (C=O) groups excluding carboxylic acids is 1. The lowest BCUT2D eigenvalue weighted by atomic mass is 10.3. The first-order valence-electron chi connectivity index (χ1n) is 5.76. The number of hydrogen-bond acceptors (Lipinski definition) is 3. The van der Waals surface area contributed by atoms with Crippen LogP contribution in [-0.4, -0.2) is 19.0 Å². The zero-order valence-corrected chi connectivity index (χ0v) is 12.1. The smallest absolute Gasteiger partial charge is 0.308 e. The van der Waals surface area contributed by atoms with Gasteiger partial charge in [0.15, 0.2) is 0 Å². The second kappa shape index (κ2) is 6.13. The Hall–Kier alpha value is -2.09. The average Bonchev–Trinajstić information content (AvgIpc) is 2.41. The second-order valence-corrected chi connectivity index (χ2v) is 5.95. The molecule has 0 bridgehead atoms. The molecule has 2 amide bonds. The maximum absolute atomic E-state index is 11.8. The van der Waals surface area contributed by atoms with Gasteiger partial charge in [-0.3, -0.25) is 4.55 Å². The van der Waals surface area contributed by atoms with E-state index in [0.29, 0.717) is 10.7 Å². The lowest BCUT2D eigenvalue weighted by molar-refractivity contribution is 0.262. The van der Waals surface area contributed by atoms with Gasteiger partial charge in [0.05, 0.1) is 4.90 Å². The summed E-state index contributed by atoms with van der Waals surface area (Å²) >= 11 is 5.73. The molecule has 6 nitrogen and oxygen atoms in total. The molecule has 0 heterocycles. The Morgan fingerprint density at radius 1 is 1.00 bits per heavy atom. The van der Waals surface area contributed by atoms with Gasteiger partial charge >= 0.3 is 6.03 Å².